The molecule has 0 amide bonds. The van der Waals surface area contributed by atoms with Crippen molar-refractivity contribution in [3.63, 3.8) is 0 Å². The molecule has 0 bridgehead atoms. The number of sulfone groups is 1. The quantitative estimate of drug-likeness (QED) is 0.877. The molecule has 1 aromatic carbocycles. The first-order valence-electron chi connectivity index (χ1n) is 7.54. The molecule has 1 aromatic rings. The number of hydrogen-bond acceptors (Lipinski definition) is 3. The molecule has 1 aliphatic carbocycles. The van der Waals surface area contributed by atoms with Gasteiger partial charge in [-0.05, 0) is 31.9 Å². The fraction of sp³-hybridized carbons (Fsp3) is 0.625. The SMILES string of the molecule is CCNC(CS(=O)(=O)C1CCCC1)c1ccc(C)cc1. The van der Waals surface area contributed by atoms with E-state index in [-0.39, 0.29) is 17.0 Å². The minimum atomic E-state index is -3.00. The van der Waals surface area contributed by atoms with E-state index in [1.807, 2.05) is 38.1 Å². The summed E-state index contributed by atoms with van der Waals surface area (Å²) in [6, 6.07) is 8.06. The zero-order valence-corrected chi connectivity index (χ0v) is 13.2. The van der Waals surface area contributed by atoms with Crippen LogP contribution in [0.1, 0.15) is 49.8 Å². The van der Waals surface area contributed by atoms with Crippen LogP contribution >= 0.6 is 0 Å². The Bertz CT molecular complexity index is 516. The van der Waals surface area contributed by atoms with Gasteiger partial charge in [0.2, 0.25) is 0 Å². The second kappa shape index (κ2) is 6.72. The van der Waals surface area contributed by atoms with E-state index < -0.39 is 9.84 Å². The maximum Gasteiger partial charge on any atom is 0.155 e. The highest BCUT2D eigenvalue weighted by atomic mass is 32.2. The maximum atomic E-state index is 12.5. The molecule has 112 valence electrons. The topological polar surface area (TPSA) is 46.2 Å². The van der Waals surface area contributed by atoms with Crippen LogP contribution in [0.5, 0.6) is 0 Å². The molecule has 1 saturated carbocycles. The fourth-order valence-electron chi connectivity index (χ4n) is 2.93. The third-order valence-electron chi connectivity index (χ3n) is 4.14. The van der Waals surface area contributed by atoms with Crippen molar-refractivity contribution in [2.45, 2.75) is 50.8 Å². The average Bonchev–Trinajstić information content (AvgIpc) is 2.93. The van der Waals surface area contributed by atoms with Gasteiger partial charge in [0, 0.05) is 6.04 Å². The summed E-state index contributed by atoms with van der Waals surface area (Å²) >= 11 is 0. The van der Waals surface area contributed by atoms with Crippen LogP contribution in [0.2, 0.25) is 0 Å². The molecule has 1 unspecified atom stereocenters. The Morgan fingerprint density at radius 3 is 2.35 bits per heavy atom. The average molecular weight is 295 g/mol. The van der Waals surface area contributed by atoms with E-state index in [0.717, 1.165) is 37.8 Å². The van der Waals surface area contributed by atoms with Crippen molar-refractivity contribution < 1.29 is 8.42 Å². The van der Waals surface area contributed by atoms with Gasteiger partial charge in [0.1, 0.15) is 0 Å². The number of rotatable bonds is 6. The molecule has 2 rings (SSSR count). The Morgan fingerprint density at radius 2 is 1.80 bits per heavy atom. The molecule has 3 nitrogen and oxygen atoms in total. The summed E-state index contributed by atoms with van der Waals surface area (Å²) in [7, 11) is -3.00. The Kier molecular flexibility index (Phi) is 5.22. The summed E-state index contributed by atoms with van der Waals surface area (Å²) in [5, 5.41) is 3.20. The lowest BCUT2D eigenvalue weighted by Crippen LogP contribution is -2.32. The predicted molar refractivity (Wildman–Crippen MR) is 83.6 cm³/mol. The third kappa shape index (κ3) is 3.83. The van der Waals surface area contributed by atoms with Gasteiger partial charge in [-0.1, -0.05) is 49.6 Å². The Hall–Kier alpha value is -0.870. The van der Waals surface area contributed by atoms with Crippen molar-refractivity contribution >= 4 is 9.84 Å². The van der Waals surface area contributed by atoms with E-state index in [9.17, 15) is 8.42 Å². The van der Waals surface area contributed by atoms with E-state index in [4.69, 9.17) is 0 Å². The number of aryl methyl sites for hydroxylation is 1. The first-order chi connectivity index (χ1) is 9.53. The lowest BCUT2D eigenvalue weighted by Gasteiger charge is -2.21. The van der Waals surface area contributed by atoms with Crippen LogP contribution in [0, 0.1) is 6.92 Å². The highest BCUT2D eigenvalue weighted by Gasteiger charge is 2.31. The zero-order valence-electron chi connectivity index (χ0n) is 12.4. The number of hydrogen-bond donors (Lipinski definition) is 1. The largest absolute Gasteiger partial charge is 0.309 e. The standard InChI is InChI=1S/C16H25NO2S/c1-3-17-16(14-10-8-13(2)9-11-14)12-20(18,19)15-6-4-5-7-15/h8-11,15-17H,3-7,12H2,1-2H3. The van der Waals surface area contributed by atoms with E-state index in [1.54, 1.807) is 0 Å². The van der Waals surface area contributed by atoms with Crippen LogP contribution in [-0.4, -0.2) is 26.0 Å². The molecule has 0 saturated heterocycles. The molecule has 0 heterocycles. The molecule has 20 heavy (non-hydrogen) atoms. The minimum Gasteiger partial charge on any atom is -0.309 e. The molecule has 4 heteroatoms. The molecule has 1 atom stereocenters. The highest BCUT2D eigenvalue weighted by molar-refractivity contribution is 7.92. The number of benzene rings is 1. The summed E-state index contributed by atoms with van der Waals surface area (Å²) in [5.74, 6) is 0.217. The first kappa shape index (κ1) is 15.5. The fourth-order valence-corrected chi connectivity index (χ4v) is 5.03. The van der Waals surface area contributed by atoms with Gasteiger partial charge >= 0.3 is 0 Å². The minimum absolute atomic E-state index is 0.0915. The highest BCUT2D eigenvalue weighted by Crippen LogP contribution is 2.28. The Labute approximate surface area is 122 Å². The van der Waals surface area contributed by atoms with E-state index in [1.165, 1.54) is 5.56 Å². The normalized spacial score (nSPS) is 18.3. The second-order valence-electron chi connectivity index (χ2n) is 5.76. The van der Waals surface area contributed by atoms with Gasteiger partial charge in [0.15, 0.2) is 9.84 Å². The monoisotopic (exact) mass is 295 g/mol. The smallest absolute Gasteiger partial charge is 0.155 e. The summed E-state index contributed by atoms with van der Waals surface area (Å²) < 4.78 is 25.0. The van der Waals surface area contributed by atoms with Crippen LogP contribution in [0.25, 0.3) is 0 Å². The van der Waals surface area contributed by atoms with Crippen molar-refractivity contribution in [1.82, 2.24) is 5.32 Å². The number of nitrogens with one attached hydrogen (secondary N) is 1. The van der Waals surface area contributed by atoms with Crippen molar-refractivity contribution in [3.8, 4) is 0 Å². The van der Waals surface area contributed by atoms with Crippen molar-refractivity contribution in [3.05, 3.63) is 35.4 Å². The first-order valence-corrected chi connectivity index (χ1v) is 9.26. The lowest BCUT2D eigenvalue weighted by molar-refractivity contribution is 0.548. The van der Waals surface area contributed by atoms with Crippen LogP contribution in [0.3, 0.4) is 0 Å². The van der Waals surface area contributed by atoms with Gasteiger partial charge in [-0.15, -0.1) is 0 Å². The summed E-state index contributed by atoms with van der Waals surface area (Å²) in [6.07, 6.45) is 3.80. The van der Waals surface area contributed by atoms with Crippen molar-refractivity contribution in [1.29, 1.82) is 0 Å². The van der Waals surface area contributed by atoms with E-state index >= 15 is 0 Å². The van der Waals surface area contributed by atoms with Crippen molar-refractivity contribution in [2.75, 3.05) is 12.3 Å². The van der Waals surface area contributed by atoms with Gasteiger partial charge in [-0.25, -0.2) is 8.42 Å². The van der Waals surface area contributed by atoms with E-state index in [2.05, 4.69) is 5.32 Å². The third-order valence-corrected chi connectivity index (χ3v) is 6.42. The van der Waals surface area contributed by atoms with E-state index in [0.29, 0.717) is 0 Å². The van der Waals surface area contributed by atoms with Crippen LogP contribution in [0.15, 0.2) is 24.3 Å². The molecular weight excluding hydrogens is 270 g/mol. The van der Waals surface area contributed by atoms with Crippen LogP contribution in [-0.2, 0) is 9.84 Å². The summed E-state index contributed by atoms with van der Waals surface area (Å²) in [6.45, 7) is 4.84. The van der Waals surface area contributed by atoms with Gasteiger partial charge in [-0.2, -0.15) is 0 Å². The molecule has 1 aliphatic rings. The summed E-state index contributed by atoms with van der Waals surface area (Å²) in [5.41, 5.74) is 2.27. The van der Waals surface area contributed by atoms with Crippen LogP contribution < -0.4 is 5.32 Å². The molecule has 0 radical (unpaired) electrons. The van der Waals surface area contributed by atoms with Crippen molar-refractivity contribution in [2.24, 2.45) is 0 Å². The molecule has 1 fully saturated rings. The summed E-state index contributed by atoms with van der Waals surface area (Å²) in [4.78, 5) is 0. The Morgan fingerprint density at radius 1 is 1.20 bits per heavy atom. The Balaban J connectivity index is 2.14. The maximum absolute atomic E-state index is 12.5. The van der Waals surface area contributed by atoms with Gasteiger partial charge in [-0.3, -0.25) is 0 Å². The van der Waals surface area contributed by atoms with Gasteiger partial charge < -0.3 is 5.32 Å². The molecular formula is C16H25NO2S. The lowest BCUT2D eigenvalue weighted by atomic mass is 10.1. The zero-order chi connectivity index (χ0) is 14.6. The molecule has 0 aromatic heterocycles. The predicted octanol–water partition coefficient (Wildman–Crippen LogP) is 3.00. The molecule has 1 N–H and O–H groups in total. The van der Waals surface area contributed by atoms with Gasteiger partial charge in [0.05, 0.1) is 11.0 Å². The molecule has 0 spiro atoms. The molecule has 0 aliphatic heterocycles. The second-order valence-corrected chi connectivity index (χ2v) is 8.08. The van der Waals surface area contributed by atoms with Gasteiger partial charge in [0.25, 0.3) is 0 Å². The van der Waals surface area contributed by atoms with Crippen LogP contribution in [0.4, 0.5) is 0 Å².